The van der Waals surface area contributed by atoms with Crippen LogP contribution in [0.1, 0.15) is 30.4 Å². The molecule has 0 radical (unpaired) electrons. The van der Waals surface area contributed by atoms with Gasteiger partial charge >= 0.3 is 0 Å². The molecule has 1 saturated heterocycles. The number of nitrogens with one attached hydrogen (secondary N) is 2. The molecule has 22 heavy (non-hydrogen) atoms. The molecular weight excluding hydrogens is 296 g/mol. The van der Waals surface area contributed by atoms with E-state index in [1.165, 1.54) is 11.1 Å². The fraction of sp³-hybridized carbons (Fsp3) is 0.588. The third-order valence-electron chi connectivity index (χ3n) is 3.84. The molecule has 1 atom stereocenters. The first kappa shape index (κ1) is 17.2. The Balaban J connectivity index is 1.54. The Morgan fingerprint density at radius 2 is 2.23 bits per heavy atom. The Labute approximate surface area is 138 Å². The van der Waals surface area contributed by atoms with Crippen molar-refractivity contribution >= 4 is 23.0 Å². The van der Waals surface area contributed by atoms with Gasteiger partial charge in [-0.25, -0.2) is 0 Å². The van der Waals surface area contributed by atoms with Gasteiger partial charge < -0.3 is 20.1 Å². The maximum atomic E-state index is 5.62. The highest BCUT2D eigenvalue weighted by atomic mass is 32.1. The van der Waals surface area contributed by atoms with Crippen molar-refractivity contribution in [2.45, 2.75) is 39.2 Å². The summed E-state index contributed by atoms with van der Waals surface area (Å²) in [5, 5.41) is 7.06. The van der Waals surface area contributed by atoms with Gasteiger partial charge in [0.1, 0.15) is 0 Å². The van der Waals surface area contributed by atoms with Gasteiger partial charge in [-0.1, -0.05) is 6.07 Å². The van der Waals surface area contributed by atoms with E-state index in [0.29, 0.717) is 17.8 Å². The molecule has 0 aromatic heterocycles. The lowest BCUT2D eigenvalue weighted by molar-refractivity contribution is 0.0168. The molecule has 0 unspecified atom stereocenters. The van der Waals surface area contributed by atoms with Crippen LogP contribution < -0.4 is 10.6 Å². The number of hydrogen-bond acceptors (Lipinski definition) is 3. The van der Waals surface area contributed by atoms with Gasteiger partial charge in [0, 0.05) is 25.4 Å². The minimum absolute atomic E-state index is 0.306. The Kier molecular flexibility index (Phi) is 7.09. The van der Waals surface area contributed by atoms with Crippen LogP contribution in [0.15, 0.2) is 18.2 Å². The zero-order chi connectivity index (χ0) is 15.8. The molecule has 1 heterocycles. The summed E-state index contributed by atoms with van der Waals surface area (Å²) in [6.45, 7) is 7.34. The lowest BCUT2D eigenvalue weighted by Gasteiger charge is -2.13. The van der Waals surface area contributed by atoms with Crippen LogP contribution in [0.4, 0.5) is 5.69 Å². The zero-order valence-electron chi connectivity index (χ0n) is 13.5. The van der Waals surface area contributed by atoms with Crippen LogP contribution in [0, 0.1) is 13.8 Å². The standard InChI is InChI=1S/C17H26N2O2S/c1-13-6-7-15(11-14(13)2)19-17(22)18-8-4-9-20-12-16-5-3-10-21-16/h6-7,11,16H,3-5,8-10,12H2,1-2H3,(H2,18,19,22)/t16-/m0/s1. The average molecular weight is 322 g/mol. The molecule has 122 valence electrons. The van der Waals surface area contributed by atoms with Crippen LogP contribution in [0.2, 0.25) is 0 Å². The minimum atomic E-state index is 0.306. The Hall–Kier alpha value is -1.17. The van der Waals surface area contributed by atoms with Gasteiger partial charge in [0.05, 0.1) is 12.7 Å². The summed E-state index contributed by atoms with van der Waals surface area (Å²) in [7, 11) is 0. The minimum Gasteiger partial charge on any atom is -0.379 e. The topological polar surface area (TPSA) is 42.5 Å². The zero-order valence-corrected chi connectivity index (χ0v) is 14.3. The predicted molar refractivity (Wildman–Crippen MR) is 94.5 cm³/mol. The predicted octanol–water partition coefficient (Wildman–Crippen LogP) is 3.18. The van der Waals surface area contributed by atoms with Crippen LogP contribution in [0.5, 0.6) is 0 Å². The van der Waals surface area contributed by atoms with Gasteiger partial charge in [-0.3, -0.25) is 0 Å². The van der Waals surface area contributed by atoms with Crippen LogP contribution in [-0.4, -0.2) is 37.6 Å². The summed E-state index contributed by atoms with van der Waals surface area (Å²) in [6.07, 6.45) is 3.53. The van der Waals surface area contributed by atoms with Gasteiger partial charge in [-0.15, -0.1) is 0 Å². The summed E-state index contributed by atoms with van der Waals surface area (Å²) in [4.78, 5) is 0. The van der Waals surface area contributed by atoms with Crippen LogP contribution in [0.3, 0.4) is 0 Å². The van der Waals surface area contributed by atoms with Gasteiger partial charge in [-0.05, 0) is 68.6 Å². The quantitative estimate of drug-likeness (QED) is 0.596. The molecular formula is C17H26N2O2S. The fourth-order valence-electron chi connectivity index (χ4n) is 2.36. The number of anilines is 1. The largest absolute Gasteiger partial charge is 0.379 e. The number of hydrogen-bond donors (Lipinski definition) is 2. The van der Waals surface area contributed by atoms with E-state index in [1.54, 1.807) is 0 Å². The van der Waals surface area contributed by atoms with Crippen molar-refractivity contribution in [2.24, 2.45) is 0 Å². The Morgan fingerprint density at radius 1 is 1.36 bits per heavy atom. The molecule has 1 aliphatic rings. The van der Waals surface area contributed by atoms with Crippen molar-refractivity contribution in [3.63, 3.8) is 0 Å². The maximum absolute atomic E-state index is 5.62. The van der Waals surface area contributed by atoms with Crippen LogP contribution in [0.25, 0.3) is 0 Å². The molecule has 0 bridgehead atoms. The SMILES string of the molecule is Cc1ccc(NC(=S)NCCCOC[C@@H]2CCCO2)cc1C. The van der Waals surface area contributed by atoms with E-state index in [-0.39, 0.29) is 0 Å². The molecule has 1 aliphatic heterocycles. The highest BCUT2D eigenvalue weighted by Crippen LogP contribution is 2.14. The molecule has 2 N–H and O–H groups in total. The summed E-state index contributed by atoms with van der Waals surface area (Å²) < 4.78 is 11.1. The van der Waals surface area contributed by atoms with Crippen molar-refractivity contribution in [3.8, 4) is 0 Å². The normalized spacial score (nSPS) is 17.5. The number of benzene rings is 1. The smallest absolute Gasteiger partial charge is 0.170 e. The van der Waals surface area contributed by atoms with Gasteiger partial charge in [0.25, 0.3) is 0 Å². The molecule has 1 aromatic rings. The number of ether oxygens (including phenoxy) is 2. The second-order valence-electron chi connectivity index (χ2n) is 5.74. The van der Waals surface area contributed by atoms with E-state index in [9.17, 15) is 0 Å². The molecule has 2 rings (SSSR count). The number of thiocarbonyl (C=S) groups is 1. The average Bonchev–Trinajstić information content (AvgIpc) is 3.00. The second kappa shape index (κ2) is 9.08. The van der Waals surface area contributed by atoms with E-state index in [1.807, 2.05) is 6.07 Å². The summed E-state index contributed by atoms with van der Waals surface area (Å²) in [5.74, 6) is 0. The molecule has 1 aromatic carbocycles. The third-order valence-corrected chi connectivity index (χ3v) is 4.09. The highest BCUT2D eigenvalue weighted by Gasteiger charge is 2.14. The first-order valence-corrected chi connectivity index (χ1v) is 8.37. The molecule has 1 fully saturated rings. The lowest BCUT2D eigenvalue weighted by atomic mass is 10.1. The number of rotatable bonds is 7. The van der Waals surface area contributed by atoms with E-state index in [2.05, 4.69) is 36.6 Å². The van der Waals surface area contributed by atoms with E-state index in [0.717, 1.165) is 44.7 Å². The van der Waals surface area contributed by atoms with Gasteiger partial charge in [0.2, 0.25) is 0 Å². The third kappa shape index (κ3) is 5.91. The molecule has 0 saturated carbocycles. The van der Waals surface area contributed by atoms with Gasteiger partial charge in [-0.2, -0.15) is 0 Å². The van der Waals surface area contributed by atoms with Crippen molar-refractivity contribution < 1.29 is 9.47 Å². The Morgan fingerprint density at radius 3 is 2.95 bits per heavy atom. The molecule has 0 spiro atoms. The second-order valence-corrected chi connectivity index (χ2v) is 6.15. The molecule has 0 aliphatic carbocycles. The summed E-state index contributed by atoms with van der Waals surface area (Å²) >= 11 is 5.29. The van der Waals surface area contributed by atoms with Gasteiger partial charge in [0.15, 0.2) is 5.11 Å². The van der Waals surface area contributed by atoms with Crippen LogP contribution >= 0.6 is 12.2 Å². The number of aryl methyl sites for hydroxylation is 2. The van der Waals surface area contributed by atoms with E-state index >= 15 is 0 Å². The van der Waals surface area contributed by atoms with E-state index in [4.69, 9.17) is 21.7 Å². The van der Waals surface area contributed by atoms with Crippen molar-refractivity contribution in [2.75, 3.05) is 31.7 Å². The lowest BCUT2D eigenvalue weighted by Crippen LogP contribution is -2.30. The fourth-order valence-corrected chi connectivity index (χ4v) is 2.58. The molecule has 4 nitrogen and oxygen atoms in total. The monoisotopic (exact) mass is 322 g/mol. The van der Waals surface area contributed by atoms with Crippen molar-refractivity contribution in [3.05, 3.63) is 29.3 Å². The molecule has 5 heteroatoms. The van der Waals surface area contributed by atoms with Crippen molar-refractivity contribution in [1.29, 1.82) is 0 Å². The molecule has 0 amide bonds. The first-order valence-electron chi connectivity index (χ1n) is 7.96. The maximum Gasteiger partial charge on any atom is 0.170 e. The first-order chi connectivity index (χ1) is 10.6. The van der Waals surface area contributed by atoms with Crippen LogP contribution in [-0.2, 0) is 9.47 Å². The highest BCUT2D eigenvalue weighted by molar-refractivity contribution is 7.80. The summed E-state index contributed by atoms with van der Waals surface area (Å²) in [6, 6.07) is 6.24. The van der Waals surface area contributed by atoms with Crippen molar-refractivity contribution in [1.82, 2.24) is 5.32 Å². The summed E-state index contributed by atoms with van der Waals surface area (Å²) in [5.41, 5.74) is 3.57. The Bertz CT molecular complexity index is 488. The van der Waals surface area contributed by atoms with E-state index < -0.39 is 0 Å².